The highest BCUT2D eigenvalue weighted by atomic mass is 32.1. The van der Waals surface area contributed by atoms with Crippen LogP contribution < -0.4 is 0 Å². The molecule has 3 aromatic heterocycles. The lowest BCUT2D eigenvalue weighted by Crippen LogP contribution is -2.25. The van der Waals surface area contributed by atoms with Crippen molar-refractivity contribution in [3.63, 3.8) is 0 Å². The minimum Gasteiger partial charge on any atom is -0.391 e. The van der Waals surface area contributed by atoms with E-state index in [0.29, 0.717) is 0 Å². The van der Waals surface area contributed by atoms with Crippen LogP contribution >= 0.6 is 34.0 Å². The smallest absolute Gasteiger partial charge is 0.0774 e. The van der Waals surface area contributed by atoms with Crippen molar-refractivity contribution in [1.82, 2.24) is 0 Å². The summed E-state index contributed by atoms with van der Waals surface area (Å²) in [6, 6.07) is 12.2. The maximum atomic E-state index is 9.46. The van der Waals surface area contributed by atoms with Crippen LogP contribution in [0.1, 0.15) is 42.6 Å². The molecule has 3 N–H and O–H groups in total. The highest BCUT2D eigenvalue weighted by molar-refractivity contribution is 7.15. The van der Waals surface area contributed by atoms with Crippen LogP contribution in [0.25, 0.3) is 0 Å². The largest absolute Gasteiger partial charge is 0.391 e. The molecular weight excluding hydrogens is 360 g/mol. The first-order chi connectivity index (χ1) is 11.7. The number of aliphatic hydroxyl groups is 3. The van der Waals surface area contributed by atoms with Gasteiger partial charge in [0.2, 0.25) is 0 Å². The van der Waals surface area contributed by atoms with Gasteiger partial charge in [0.05, 0.1) is 25.2 Å². The predicted octanol–water partition coefficient (Wildman–Crippen LogP) is 4.09. The first kappa shape index (κ1) is 17.8. The van der Waals surface area contributed by atoms with Crippen LogP contribution in [0, 0.1) is 0 Å². The number of hydrogen-bond acceptors (Lipinski definition) is 6. The molecule has 0 aliphatic rings. The Labute approximate surface area is 153 Å². The first-order valence-electron chi connectivity index (χ1n) is 7.78. The lowest BCUT2D eigenvalue weighted by Gasteiger charge is -2.30. The van der Waals surface area contributed by atoms with Gasteiger partial charge in [-0.05, 0) is 42.8 Å². The summed E-state index contributed by atoms with van der Waals surface area (Å²) < 4.78 is 0. The molecule has 0 unspecified atom stereocenters. The second-order valence-electron chi connectivity index (χ2n) is 5.53. The van der Waals surface area contributed by atoms with Gasteiger partial charge in [-0.2, -0.15) is 0 Å². The molecule has 0 fully saturated rings. The van der Waals surface area contributed by atoms with E-state index in [4.69, 9.17) is 0 Å². The molecule has 0 atom stereocenters. The maximum absolute atomic E-state index is 9.46. The molecule has 6 heteroatoms. The maximum Gasteiger partial charge on any atom is 0.0774 e. The van der Waals surface area contributed by atoms with E-state index in [1.165, 1.54) is 14.6 Å². The fraction of sp³-hybridized carbons (Fsp3) is 0.333. The van der Waals surface area contributed by atoms with Crippen molar-refractivity contribution in [1.29, 1.82) is 0 Å². The van der Waals surface area contributed by atoms with Crippen molar-refractivity contribution in [3.8, 4) is 0 Å². The topological polar surface area (TPSA) is 60.7 Å². The number of aliphatic hydroxyl groups excluding tert-OH is 3. The van der Waals surface area contributed by atoms with Gasteiger partial charge in [0.25, 0.3) is 0 Å². The summed E-state index contributed by atoms with van der Waals surface area (Å²) >= 11 is 4.88. The third-order valence-electron chi connectivity index (χ3n) is 4.24. The van der Waals surface area contributed by atoms with Crippen molar-refractivity contribution >= 4 is 34.0 Å². The molecule has 24 heavy (non-hydrogen) atoms. The number of thiophene rings is 3. The SMILES string of the molecule is CCC(c1ccc(CO)s1)(c1ccc(CO)s1)c1ccc(CO)s1. The van der Waals surface area contributed by atoms with Crippen LogP contribution in [0.15, 0.2) is 36.4 Å². The van der Waals surface area contributed by atoms with Gasteiger partial charge in [-0.3, -0.25) is 0 Å². The third-order valence-corrected chi connectivity index (χ3v) is 7.94. The van der Waals surface area contributed by atoms with Gasteiger partial charge in [0.1, 0.15) is 0 Å². The van der Waals surface area contributed by atoms with E-state index in [1.54, 1.807) is 34.0 Å². The van der Waals surface area contributed by atoms with Gasteiger partial charge in [0.15, 0.2) is 0 Å². The average molecular weight is 381 g/mol. The first-order valence-corrected chi connectivity index (χ1v) is 10.2. The minimum absolute atomic E-state index is 0.0448. The molecule has 0 spiro atoms. The minimum atomic E-state index is -0.297. The molecule has 128 valence electrons. The van der Waals surface area contributed by atoms with E-state index in [1.807, 2.05) is 18.2 Å². The van der Waals surface area contributed by atoms with E-state index in [0.717, 1.165) is 21.1 Å². The number of rotatable bonds is 7. The summed E-state index contributed by atoms with van der Waals surface area (Å²) in [7, 11) is 0. The van der Waals surface area contributed by atoms with Crippen molar-refractivity contribution in [3.05, 3.63) is 65.7 Å². The third kappa shape index (κ3) is 2.98. The molecule has 0 radical (unpaired) electrons. The summed E-state index contributed by atoms with van der Waals surface area (Å²) in [5, 5.41) is 28.4. The van der Waals surface area contributed by atoms with Crippen molar-refractivity contribution in [2.45, 2.75) is 38.6 Å². The van der Waals surface area contributed by atoms with Crippen molar-refractivity contribution in [2.24, 2.45) is 0 Å². The highest BCUT2D eigenvalue weighted by Gasteiger charge is 2.38. The van der Waals surface area contributed by atoms with Crippen LogP contribution in [0.2, 0.25) is 0 Å². The highest BCUT2D eigenvalue weighted by Crippen LogP contribution is 2.49. The molecule has 0 amide bonds. The Hall–Kier alpha value is -1.02. The molecule has 0 aromatic carbocycles. The number of hydrogen-bond donors (Lipinski definition) is 3. The van der Waals surface area contributed by atoms with Crippen LogP contribution in [0.5, 0.6) is 0 Å². The van der Waals surface area contributed by atoms with Crippen LogP contribution in [0.4, 0.5) is 0 Å². The van der Waals surface area contributed by atoms with E-state index < -0.39 is 0 Å². The van der Waals surface area contributed by atoms with E-state index in [9.17, 15) is 15.3 Å². The molecule has 0 bridgehead atoms. The lowest BCUT2D eigenvalue weighted by molar-refractivity contribution is 0.285. The lowest BCUT2D eigenvalue weighted by atomic mass is 9.80. The standard InChI is InChI=1S/C18H20O3S3/c1-2-18(15-6-3-12(9-19)22-15,16-7-4-13(10-20)23-16)17-8-5-14(11-21)24-17/h3-8,19-21H,2,9-11H2,1H3. The van der Waals surface area contributed by atoms with Gasteiger partial charge in [0, 0.05) is 29.3 Å². The zero-order valence-electron chi connectivity index (χ0n) is 13.4. The molecule has 0 saturated heterocycles. The van der Waals surface area contributed by atoms with Gasteiger partial charge >= 0.3 is 0 Å². The molecule has 0 aliphatic heterocycles. The molecule has 0 aliphatic carbocycles. The quantitative estimate of drug-likeness (QED) is 0.578. The fourth-order valence-corrected chi connectivity index (χ4v) is 6.63. The summed E-state index contributed by atoms with van der Waals surface area (Å²) in [4.78, 5) is 6.40. The van der Waals surface area contributed by atoms with Gasteiger partial charge in [-0.15, -0.1) is 34.0 Å². The normalized spacial score (nSPS) is 12.0. The fourth-order valence-electron chi connectivity index (χ4n) is 2.96. The van der Waals surface area contributed by atoms with Gasteiger partial charge in [-0.1, -0.05) is 6.92 Å². The second kappa shape index (κ2) is 7.47. The second-order valence-corrected chi connectivity index (χ2v) is 9.04. The molecule has 3 aromatic rings. The van der Waals surface area contributed by atoms with Crippen LogP contribution in [-0.2, 0) is 25.2 Å². The Bertz CT molecular complexity index is 697. The monoisotopic (exact) mass is 380 g/mol. The summed E-state index contributed by atoms with van der Waals surface area (Å²) in [6.07, 6.45) is 0.870. The van der Waals surface area contributed by atoms with E-state index >= 15 is 0 Å². The van der Waals surface area contributed by atoms with E-state index in [2.05, 4.69) is 25.1 Å². The average Bonchev–Trinajstić information content (AvgIpc) is 3.37. The van der Waals surface area contributed by atoms with Crippen molar-refractivity contribution in [2.75, 3.05) is 0 Å². The summed E-state index contributed by atoms with van der Waals surface area (Å²) in [6.45, 7) is 2.30. The molecule has 0 saturated carbocycles. The Morgan fingerprint density at radius 1 is 0.667 bits per heavy atom. The predicted molar refractivity (Wildman–Crippen MR) is 101 cm³/mol. The summed E-state index contributed by atoms with van der Waals surface area (Å²) in [5.74, 6) is 0. The molecular formula is C18H20O3S3. The van der Waals surface area contributed by atoms with Gasteiger partial charge < -0.3 is 15.3 Å². The molecule has 3 heterocycles. The van der Waals surface area contributed by atoms with Crippen LogP contribution in [0.3, 0.4) is 0 Å². The zero-order chi connectivity index (χ0) is 17.2. The van der Waals surface area contributed by atoms with E-state index in [-0.39, 0.29) is 25.2 Å². The Morgan fingerprint density at radius 3 is 1.21 bits per heavy atom. The summed E-state index contributed by atoms with van der Waals surface area (Å²) in [5.41, 5.74) is -0.297. The Balaban J connectivity index is 2.21. The van der Waals surface area contributed by atoms with Gasteiger partial charge in [-0.25, -0.2) is 0 Å². The Morgan fingerprint density at radius 2 is 1.00 bits per heavy atom. The molecule has 3 nitrogen and oxygen atoms in total. The molecule has 3 rings (SSSR count). The van der Waals surface area contributed by atoms with Crippen molar-refractivity contribution < 1.29 is 15.3 Å². The zero-order valence-corrected chi connectivity index (χ0v) is 15.8. The van der Waals surface area contributed by atoms with Crippen LogP contribution in [-0.4, -0.2) is 15.3 Å². The Kier molecular flexibility index (Phi) is 5.54.